The first-order chi connectivity index (χ1) is 9.87. The van der Waals surface area contributed by atoms with Crippen LogP contribution in [0.3, 0.4) is 0 Å². The number of carbonyl (C=O) groups is 1. The number of H-pyrrole nitrogens is 1. The highest BCUT2D eigenvalue weighted by molar-refractivity contribution is 7.92. The highest BCUT2D eigenvalue weighted by Crippen LogP contribution is 2.17. The molecule has 110 valence electrons. The molecular formula is C13H13N3O4S. The van der Waals surface area contributed by atoms with Crippen molar-refractivity contribution in [1.29, 1.82) is 0 Å². The summed E-state index contributed by atoms with van der Waals surface area (Å²) < 4.78 is 26.6. The second-order valence-electron chi connectivity index (χ2n) is 4.25. The van der Waals surface area contributed by atoms with Crippen molar-refractivity contribution in [1.82, 2.24) is 4.98 Å². The molecule has 1 aromatic carbocycles. The normalized spacial score (nSPS) is 10.9. The summed E-state index contributed by atoms with van der Waals surface area (Å²) in [5, 5.41) is 2.55. The number of benzene rings is 1. The molecule has 3 N–H and O–H groups in total. The quantitative estimate of drug-likeness (QED) is 0.787. The maximum absolute atomic E-state index is 12.1. The molecule has 2 rings (SSSR count). The van der Waals surface area contributed by atoms with E-state index in [1.54, 1.807) is 0 Å². The smallest absolute Gasteiger partial charge is 0.261 e. The minimum Gasteiger partial charge on any atom is -0.327 e. The molecule has 2 aromatic rings. The maximum atomic E-state index is 12.1. The van der Waals surface area contributed by atoms with Gasteiger partial charge in [0.25, 0.3) is 10.0 Å². The summed E-state index contributed by atoms with van der Waals surface area (Å²) in [7, 11) is -3.76. The molecule has 1 amide bonds. The van der Waals surface area contributed by atoms with Gasteiger partial charge in [0.2, 0.25) is 11.5 Å². The summed E-state index contributed by atoms with van der Waals surface area (Å²) in [4.78, 5) is 24.2. The Morgan fingerprint density at radius 2 is 1.67 bits per heavy atom. The van der Waals surface area contributed by atoms with Crippen molar-refractivity contribution in [2.24, 2.45) is 0 Å². The molecule has 1 heterocycles. The number of hydrogen-bond acceptors (Lipinski definition) is 4. The van der Waals surface area contributed by atoms with Crippen molar-refractivity contribution in [2.45, 2.75) is 11.8 Å². The fraction of sp³-hybridized carbons (Fsp3) is 0.0769. The molecule has 0 radical (unpaired) electrons. The summed E-state index contributed by atoms with van der Waals surface area (Å²) in [5.41, 5.74) is 0.434. The first-order valence-electron chi connectivity index (χ1n) is 5.96. The number of pyridine rings is 1. The van der Waals surface area contributed by atoms with Crippen molar-refractivity contribution in [3.05, 3.63) is 52.9 Å². The van der Waals surface area contributed by atoms with Crippen molar-refractivity contribution in [3.8, 4) is 0 Å². The number of aromatic amines is 1. The molecule has 0 unspecified atom stereocenters. The van der Waals surface area contributed by atoms with Crippen molar-refractivity contribution in [2.75, 3.05) is 10.0 Å². The third kappa shape index (κ3) is 3.93. The van der Waals surface area contributed by atoms with E-state index in [1.165, 1.54) is 49.5 Å². The van der Waals surface area contributed by atoms with E-state index in [9.17, 15) is 18.0 Å². The van der Waals surface area contributed by atoms with Crippen LogP contribution in [-0.2, 0) is 14.8 Å². The van der Waals surface area contributed by atoms with Gasteiger partial charge in [-0.3, -0.25) is 14.3 Å². The SMILES string of the molecule is CC(=O)Nc1ccc(S(=O)(=O)Nc2ccc(=O)[nH]c2)cc1. The zero-order valence-electron chi connectivity index (χ0n) is 11.1. The van der Waals surface area contributed by atoms with Crippen LogP contribution in [0.5, 0.6) is 0 Å². The summed E-state index contributed by atoms with van der Waals surface area (Å²) in [6.07, 6.45) is 1.27. The van der Waals surface area contributed by atoms with Crippen LogP contribution >= 0.6 is 0 Å². The number of nitrogens with one attached hydrogen (secondary N) is 3. The predicted octanol–water partition coefficient (Wildman–Crippen LogP) is 1.13. The molecular weight excluding hydrogens is 294 g/mol. The number of hydrogen-bond donors (Lipinski definition) is 3. The van der Waals surface area contributed by atoms with Crippen LogP contribution in [0.1, 0.15) is 6.92 Å². The van der Waals surface area contributed by atoms with Gasteiger partial charge in [-0.05, 0) is 30.3 Å². The Morgan fingerprint density at radius 1 is 1.05 bits per heavy atom. The zero-order chi connectivity index (χ0) is 15.5. The van der Waals surface area contributed by atoms with Gasteiger partial charge in [-0.25, -0.2) is 8.42 Å². The Bertz CT molecular complexity index is 790. The van der Waals surface area contributed by atoms with Gasteiger partial charge in [0.05, 0.1) is 10.6 Å². The average Bonchev–Trinajstić information content (AvgIpc) is 2.41. The Kier molecular flexibility index (Phi) is 4.08. The Labute approximate surface area is 121 Å². The molecule has 0 bridgehead atoms. The van der Waals surface area contributed by atoms with Crippen LogP contribution in [0.2, 0.25) is 0 Å². The third-order valence-electron chi connectivity index (χ3n) is 2.52. The van der Waals surface area contributed by atoms with E-state index in [4.69, 9.17) is 0 Å². The molecule has 1 aromatic heterocycles. The van der Waals surface area contributed by atoms with Gasteiger partial charge in [0.1, 0.15) is 0 Å². The highest BCUT2D eigenvalue weighted by atomic mass is 32.2. The van der Waals surface area contributed by atoms with E-state index >= 15 is 0 Å². The highest BCUT2D eigenvalue weighted by Gasteiger charge is 2.14. The molecule has 0 saturated carbocycles. The van der Waals surface area contributed by atoms with Crippen LogP contribution in [0.4, 0.5) is 11.4 Å². The van der Waals surface area contributed by atoms with Crippen molar-refractivity contribution < 1.29 is 13.2 Å². The third-order valence-corrected chi connectivity index (χ3v) is 3.92. The number of sulfonamides is 1. The summed E-state index contributed by atoms with van der Waals surface area (Å²) in [6.45, 7) is 1.36. The molecule has 21 heavy (non-hydrogen) atoms. The molecule has 0 saturated heterocycles. The Balaban J connectivity index is 2.21. The van der Waals surface area contributed by atoms with Crippen molar-refractivity contribution >= 4 is 27.3 Å². The zero-order valence-corrected chi connectivity index (χ0v) is 11.9. The number of aromatic nitrogens is 1. The van der Waals surface area contributed by atoms with Crippen molar-refractivity contribution in [3.63, 3.8) is 0 Å². The van der Waals surface area contributed by atoms with Gasteiger partial charge in [0.15, 0.2) is 0 Å². The molecule has 0 aliphatic rings. The average molecular weight is 307 g/mol. The van der Waals surface area contributed by atoms with E-state index < -0.39 is 10.0 Å². The van der Waals surface area contributed by atoms with Crippen LogP contribution in [0, 0.1) is 0 Å². The summed E-state index contributed by atoms with van der Waals surface area (Å²) in [6, 6.07) is 8.31. The molecule has 0 aliphatic carbocycles. The lowest BCUT2D eigenvalue weighted by molar-refractivity contribution is -0.114. The lowest BCUT2D eigenvalue weighted by atomic mass is 10.3. The predicted molar refractivity (Wildman–Crippen MR) is 78.6 cm³/mol. The van der Waals surface area contributed by atoms with Gasteiger partial charge in [-0.15, -0.1) is 0 Å². The lowest BCUT2D eigenvalue weighted by Gasteiger charge is -2.08. The summed E-state index contributed by atoms with van der Waals surface area (Å²) in [5.74, 6) is -0.239. The van der Waals surface area contributed by atoms with Gasteiger partial charge in [-0.2, -0.15) is 0 Å². The van der Waals surface area contributed by atoms with Gasteiger partial charge in [0, 0.05) is 24.9 Å². The second-order valence-corrected chi connectivity index (χ2v) is 5.94. The first kappa shape index (κ1) is 14.8. The molecule has 0 fully saturated rings. The fourth-order valence-electron chi connectivity index (χ4n) is 1.61. The van der Waals surface area contributed by atoms with Crippen LogP contribution in [-0.4, -0.2) is 19.3 Å². The molecule has 0 aliphatic heterocycles. The minimum atomic E-state index is -3.76. The van der Waals surface area contributed by atoms with E-state index in [0.29, 0.717) is 5.69 Å². The maximum Gasteiger partial charge on any atom is 0.261 e. The monoisotopic (exact) mass is 307 g/mol. The molecule has 0 spiro atoms. The number of rotatable bonds is 4. The van der Waals surface area contributed by atoms with Gasteiger partial charge in [-0.1, -0.05) is 0 Å². The lowest BCUT2D eigenvalue weighted by Crippen LogP contribution is -2.14. The van der Waals surface area contributed by atoms with Crippen LogP contribution in [0.25, 0.3) is 0 Å². The van der Waals surface area contributed by atoms with Gasteiger partial charge < -0.3 is 10.3 Å². The number of anilines is 2. The number of carbonyl (C=O) groups excluding carboxylic acids is 1. The molecule has 8 heteroatoms. The Hall–Kier alpha value is -2.61. The standard InChI is InChI=1S/C13H13N3O4S/c1-9(17)15-10-2-5-12(6-3-10)21(19,20)16-11-4-7-13(18)14-8-11/h2-8,16H,1H3,(H,14,18)(H,15,17). The van der Waals surface area contributed by atoms with E-state index in [0.717, 1.165) is 0 Å². The minimum absolute atomic E-state index is 0.0443. The second kappa shape index (κ2) is 5.80. The van der Waals surface area contributed by atoms with Crippen LogP contribution in [0.15, 0.2) is 52.3 Å². The topological polar surface area (TPSA) is 108 Å². The first-order valence-corrected chi connectivity index (χ1v) is 7.44. The van der Waals surface area contributed by atoms with E-state index in [-0.39, 0.29) is 22.0 Å². The number of amides is 1. The van der Waals surface area contributed by atoms with Gasteiger partial charge >= 0.3 is 0 Å². The fourth-order valence-corrected chi connectivity index (χ4v) is 2.66. The molecule has 7 nitrogen and oxygen atoms in total. The molecule has 0 atom stereocenters. The Morgan fingerprint density at radius 3 is 2.19 bits per heavy atom. The van der Waals surface area contributed by atoms with E-state index in [1.807, 2.05) is 0 Å². The van der Waals surface area contributed by atoms with Crippen LogP contribution < -0.4 is 15.6 Å². The van der Waals surface area contributed by atoms with E-state index in [2.05, 4.69) is 15.0 Å². The summed E-state index contributed by atoms with van der Waals surface area (Å²) >= 11 is 0. The largest absolute Gasteiger partial charge is 0.327 e.